The molecule has 1 amide bonds. The van der Waals surface area contributed by atoms with Crippen molar-refractivity contribution in [3.63, 3.8) is 0 Å². The van der Waals surface area contributed by atoms with Gasteiger partial charge in [0, 0.05) is 13.0 Å². The normalized spacial score (nSPS) is 16.2. The van der Waals surface area contributed by atoms with Crippen LogP contribution in [0.1, 0.15) is 26.7 Å². The highest BCUT2D eigenvalue weighted by Gasteiger charge is 2.22. The smallest absolute Gasteiger partial charge is 0.320 e. The zero-order chi connectivity index (χ0) is 12.7. The zero-order valence-corrected chi connectivity index (χ0v) is 9.64. The first-order valence-corrected chi connectivity index (χ1v) is 5.32. The lowest BCUT2D eigenvalue weighted by atomic mass is 10.1. The van der Waals surface area contributed by atoms with Crippen LogP contribution < -0.4 is 11.1 Å². The van der Waals surface area contributed by atoms with Gasteiger partial charge in [-0.05, 0) is 5.92 Å². The first-order valence-electron chi connectivity index (χ1n) is 5.32. The van der Waals surface area contributed by atoms with Crippen molar-refractivity contribution >= 4 is 11.9 Å². The van der Waals surface area contributed by atoms with E-state index in [0.29, 0.717) is 12.5 Å². The van der Waals surface area contributed by atoms with Gasteiger partial charge in [0.05, 0.1) is 0 Å². The number of carbonyl (C=O) groups is 2. The molecular weight excluding hydrogens is 212 g/mol. The number of carbonyl (C=O) groups excluding carboxylic acids is 1. The van der Waals surface area contributed by atoms with Gasteiger partial charge in [0.25, 0.3) is 0 Å². The maximum absolute atomic E-state index is 11.3. The quantitative estimate of drug-likeness (QED) is 0.464. The predicted molar refractivity (Wildman–Crippen MR) is 58.7 cm³/mol. The highest BCUT2D eigenvalue weighted by atomic mass is 16.4. The molecule has 6 nitrogen and oxygen atoms in total. The van der Waals surface area contributed by atoms with Crippen LogP contribution in [0.3, 0.4) is 0 Å². The molecular formula is C10H20N2O4. The fraction of sp³-hybridized carbons (Fsp3) is 0.800. The van der Waals surface area contributed by atoms with Gasteiger partial charge in [0.15, 0.2) is 0 Å². The van der Waals surface area contributed by atoms with E-state index in [-0.39, 0.29) is 6.42 Å². The highest BCUT2D eigenvalue weighted by Crippen LogP contribution is 2.00. The molecule has 0 unspecified atom stereocenters. The van der Waals surface area contributed by atoms with Crippen LogP contribution in [-0.4, -0.2) is 40.8 Å². The van der Waals surface area contributed by atoms with Crippen molar-refractivity contribution in [1.82, 2.24) is 5.32 Å². The minimum Gasteiger partial charge on any atom is -0.480 e. The summed E-state index contributed by atoms with van der Waals surface area (Å²) in [5.74, 6) is -1.48. The first kappa shape index (κ1) is 14.9. The van der Waals surface area contributed by atoms with Gasteiger partial charge in [-0.1, -0.05) is 20.3 Å². The van der Waals surface area contributed by atoms with E-state index in [0.717, 1.165) is 6.42 Å². The Kier molecular flexibility index (Phi) is 6.67. The van der Waals surface area contributed by atoms with Gasteiger partial charge in [0.2, 0.25) is 5.91 Å². The van der Waals surface area contributed by atoms with Crippen molar-refractivity contribution in [3.05, 3.63) is 0 Å². The molecule has 0 aliphatic rings. The summed E-state index contributed by atoms with van der Waals surface area (Å²) >= 11 is 0. The number of nitrogens with two attached hydrogens (primary N) is 1. The van der Waals surface area contributed by atoms with E-state index in [1.807, 2.05) is 13.8 Å². The zero-order valence-electron chi connectivity index (χ0n) is 9.64. The molecule has 0 heterocycles. The predicted octanol–water partition coefficient (Wildman–Crippen LogP) is -0.688. The van der Waals surface area contributed by atoms with Crippen molar-refractivity contribution in [2.75, 3.05) is 6.54 Å². The monoisotopic (exact) mass is 232 g/mol. The molecule has 0 fully saturated rings. The molecule has 0 saturated heterocycles. The van der Waals surface area contributed by atoms with Gasteiger partial charge < -0.3 is 21.3 Å². The third-order valence-corrected chi connectivity index (χ3v) is 2.42. The van der Waals surface area contributed by atoms with E-state index in [1.54, 1.807) is 0 Å². The Hall–Kier alpha value is -1.14. The summed E-state index contributed by atoms with van der Waals surface area (Å²) in [7, 11) is 0. The molecule has 0 bridgehead atoms. The molecule has 0 spiro atoms. The van der Waals surface area contributed by atoms with Gasteiger partial charge in [0.1, 0.15) is 12.1 Å². The molecule has 0 aliphatic heterocycles. The number of carboxylic acids is 1. The summed E-state index contributed by atoms with van der Waals surface area (Å²) in [6.45, 7) is 4.43. The highest BCUT2D eigenvalue weighted by molar-refractivity contribution is 5.82. The van der Waals surface area contributed by atoms with E-state index in [1.165, 1.54) is 0 Å². The second-order valence-corrected chi connectivity index (χ2v) is 3.95. The maximum Gasteiger partial charge on any atom is 0.320 e. The second-order valence-electron chi connectivity index (χ2n) is 3.95. The van der Waals surface area contributed by atoms with Crippen LogP contribution in [0.15, 0.2) is 0 Å². The van der Waals surface area contributed by atoms with Crippen LogP contribution in [0.5, 0.6) is 0 Å². The molecule has 6 heteroatoms. The molecule has 16 heavy (non-hydrogen) atoms. The topological polar surface area (TPSA) is 113 Å². The number of amides is 1. The first-order chi connectivity index (χ1) is 7.38. The Labute approximate surface area is 94.8 Å². The van der Waals surface area contributed by atoms with Gasteiger partial charge in [-0.25, -0.2) is 0 Å². The summed E-state index contributed by atoms with van der Waals surface area (Å²) in [6.07, 6.45) is -0.720. The Balaban J connectivity index is 3.95. The number of aliphatic hydroxyl groups excluding tert-OH is 1. The number of aliphatic hydroxyl groups is 1. The standard InChI is InChI=1S/C10H20N2O4/c1-3-6(2)5-12-9(14)8(13)4-7(11)10(15)16/h6-8,13H,3-5,11H2,1-2H3,(H,12,14)(H,15,16)/t6-,7-,8-/m0/s1. The van der Waals surface area contributed by atoms with Gasteiger partial charge in [-0.2, -0.15) is 0 Å². The van der Waals surface area contributed by atoms with Gasteiger partial charge in [-0.15, -0.1) is 0 Å². The maximum atomic E-state index is 11.3. The Bertz CT molecular complexity index is 245. The summed E-state index contributed by atoms with van der Waals surface area (Å²) < 4.78 is 0. The van der Waals surface area contributed by atoms with Gasteiger partial charge >= 0.3 is 5.97 Å². The van der Waals surface area contributed by atoms with Crippen molar-refractivity contribution in [2.45, 2.75) is 38.8 Å². The average molecular weight is 232 g/mol. The molecule has 0 aromatic carbocycles. The summed E-state index contributed by atoms with van der Waals surface area (Å²) in [4.78, 5) is 21.7. The molecule has 0 rings (SSSR count). The van der Waals surface area contributed by atoms with Crippen LogP contribution >= 0.6 is 0 Å². The lowest BCUT2D eigenvalue weighted by Crippen LogP contribution is -2.42. The minimum absolute atomic E-state index is 0.276. The number of aliphatic carboxylic acids is 1. The van der Waals surface area contributed by atoms with E-state index in [4.69, 9.17) is 10.8 Å². The van der Waals surface area contributed by atoms with Crippen molar-refractivity contribution in [3.8, 4) is 0 Å². The Morgan fingerprint density at radius 2 is 2.00 bits per heavy atom. The van der Waals surface area contributed by atoms with Crippen LogP contribution in [0, 0.1) is 5.92 Å². The fourth-order valence-electron chi connectivity index (χ4n) is 0.985. The average Bonchev–Trinajstić information content (AvgIpc) is 2.24. The van der Waals surface area contributed by atoms with Crippen LogP contribution in [0.25, 0.3) is 0 Å². The summed E-state index contributed by atoms with van der Waals surface area (Å²) in [6, 6.07) is -1.22. The summed E-state index contributed by atoms with van der Waals surface area (Å²) in [5.41, 5.74) is 5.20. The Morgan fingerprint density at radius 1 is 1.44 bits per heavy atom. The molecule has 0 saturated carbocycles. The van der Waals surface area contributed by atoms with E-state index in [2.05, 4.69) is 5.32 Å². The lowest BCUT2D eigenvalue weighted by molar-refractivity contribution is -0.140. The largest absolute Gasteiger partial charge is 0.480 e. The third kappa shape index (κ3) is 5.67. The number of rotatable bonds is 7. The Morgan fingerprint density at radius 3 is 2.44 bits per heavy atom. The van der Waals surface area contributed by atoms with Crippen LogP contribution in [0.2, 0.25) is 0 Å². The van der Waals surface area contributed by atoms with Crippen molar-refractivity contribution in [2.24, 2.45) is 11.7 Å². The summed E-state index contributed by atoms with van der Waals surface area (Å²) in [5, 5.41) is 20.4. The van der Waals surface area contributed by atoms with Gasteiger partial charge in [-0.3, -0.25) is 9.59 Å². The molecule has 0 aromatic heterocycles. The minimum atomic E-state index is -1.37. The molecule has 3 atom stereocenters. The molecule has 94 valence electrons. The van der Waals surface area contributed by atoms with Crippen LogP contribution in [-0.2, 0) is 9.59 Å². The molecule has 0 aliphatic carbocycles. The van der Waals surface area contributed by atoms with E-state index < -0.39 is 24.0 Å². The molecule has 5 N–H and O–H groups in total. The van der Waals surface area contributed by atoms with E-state index >= 15 is 0 Å². The molecule has 0 aromatic rings. The fourth-order valence-corrected chi connectivity index (χ4v) is 0.985. The van der Waals surface area contributed by atoms with Crippen molar-refractivity contribution < 1.29 is 19.8 Å². The number of nitrogens with one attached hydrogen (secondary N) is 1. The van der Waals surface area contributed by atoms with Crippen molar-refractivity contribution in [1.29, 1.82) is 0 Å². The van der Waals surface area contributed by atoms with E-state index in [9.17, 15) is 14.7 Å². The number of hydrogen-bond donors (Lipinski definition) is 4. The number of carboxylic acid groups (broad SMARTS) is 1. The SMILES string of the molecule is CC[C@H](C)CNC(=O)[C@@H](O)C[C@H](N)C(=O)O. The second kappa shape index (κ2) is 7.19. The molecule has 0 radical (unpaired) electrons. The van der Waals surface area contributed by atoms with Crippen LogP contribution in [0.4, 0.5) is 0 Å². The number of hydrogen-bond acceptors (Lipinski definition) is 4. The lowest BCUT2D eigenvalue weighted by Gasteiger charge is -2.15. The third-order valence-electron chi connectivity index (χ3n) is 2.42.